The molecular formula is C18H16ClN3O2. The number of nitrogens with zero attached hydrogens (tertiary/aromatic N) is 2. The lowest BCUT2D eigenvalue weighted by atomic mass is 10.2. The van der Waals surface area contributed by atoms with Crippen LogP contribution in [0.2, 0.25) is 5.02 Å². The lowest BCUT2D eigenvalue weighted by molar-refractivity contribution is -0.117. The molecule has 24 heavy (non-hydrogen) atoms. The van der Waals surface area contributed by atoms with Crippen LogP contribution in [0, 0.1) is 11.3 Å². The minimum atomic E-state index is -0.208. The normalized spacial score (nSPS) is 9.88. The third-order valence-electron chi connectivity index (χ3n) is 3.36. The SMILES string of the molecule is CC(=O)N(CCC(=O)Nc1ccc(Cl)cc1)c1cccc(C#N)c1. The van der Waals surface area contributed by atoms with E-state index in [-0.39, 0.29) is 24.8 Å². The van der Waals surface area contributed by atoms with Crippen LogP contribution in [0.25, 0.3) is 0 Å². The van der Waals surface area contributed by atoms with Crippen molar-refractivity contribution in [3.63, 3.8) is 0 Å². The number of carbonyl (C=O) groups is 2. The monoisotopic (exact) mass is 341 g/mol. The summed E-state index contributed by atoms with van der Waals surface area (Å²) in [6.45, 7) is 1.65. The quantitative estimate of drug-likeness (QED) is 0.903. The summed E-state index contributed by atoms with van der Waals surface area (Å²) >= 11 is 5.80. The summed E-state index contributed by atoms with van der Waals surface area (Å²) in [4.78, 5) is 25.4. The zero-order valence-corrected chi connectivity index (χ0v) is 13.9. The number of nitrogens with one attached hydrogen (secondary N) is 1. The van der Waals surface area contributed by atoms with Crippen molar-refractivity contribution in [1.82, 2.24) is 0 Å². The Kier molecular flexibility index (Phi) is 5.94. The van der Waals surface area contributed by atoms with Gasteiger partial charge in [-0.15, -0.1) is 0 Å². The molecule has 0 aliphatic rings. The van der Waals surface area contributed by atoms with Crippen molar-refractivity contribution >= 4 is 34.8 Å². The number of nitriles is 1. The van der Waals surface area contributed by atoms with Crippen LogP contribution in [0.3, 0.4) is 0 Å². The summed E-state index contributed by atoms with van der Waals surface area (Å²) in [6.07, 6.45) is 0.138. The summed E-state index contributed by atoms with van der Waals surface area (Å²) in [6, 6.07) is 15.6. The van der Waals surface area contributed by atoms with E-state index in [1.165, 1.54) is 11.8 Å². The first-order chi connectivity index (χ1) is 11.5. The topological polar surface area (TPSA) is 73.2 Å². The van der Waals surface area contributed by atoms with Crippen molar-refractivity contribution < 1.29 is 9.59 Å². The van der Waals surface area contributed by atoms with Gasteiger partial charge in [-0.1, -0.05) is 17.7 Å². The number of anilines is 2. The Hall–Kier alpha value is -2.84. The van der Waals surface area contributed by atoms with E-state index in [1.807, 2.05) is 6.07 Å². The molecule has 1 N–H and O–H groups in total. The molecule has 0 atom stereocenters. The highest BCUT2D eigenvalue weighted by molar-refractivity contribution is 6.30. The first-order valence-electron chi connectivity index (χ1n) is 7.33. The molecule has 6 heteroatoms. The molecule has 0 spiro atoms. The van der Waals surface area contributed by atoms with E-state index in [2.05, 4.69) is 5.32 Å². The zero-order valence-electron chi connectivity index (χ0n) is 13.1. The van der Waals surface area contributed by atoms with E-state index < -0.39 is 0 Å². The Balaban J connectivity index is 2.00. The highest BCUT2D eigenvalue weighted by Gasteiger charge is 2.14. The fourth-order valence-electron chi connectivity index (χ4n) is 2.18. The maximum atomic E-state index is 12.0. The third kappa shape index (κ3) is 4.83. The lowest BCUT2D eigenvalue weighted by Gasteiger charge is -2.21. The minimum Gasteiger partial charge on any atom is -0.326 e. The summed E-state index contributed by atoms with van der Waals surface area (Å²) < 4.78 is 0. The molecular weight excluding hydrogens is 326 g/mol. The van der Waals surface area contributed by atoms with Gasteiger partial charge in [0.05, 0.1) is 11.6 Å². The Bertz CT molecular complexity index is 782. The maximum Gasteiger partial charge on any atom is 0.226 e. The number of rotatable bonds is 5. The van der Waals surface area contributed by atoms with Crippen LogP contribution in [0.4, 0.5) is 11.4 Å². The van der Waals surface area contributed by atoms with Crippen LogP contribution >= 0.6 is 11.6 Å². The van der Waals surface area contributed by atoms with Crippen LogP contribution in [-0.2, 0) is 9.59 Å². The molecule has 0 saturated heterocycles. The summed E-state index contributed by atoms with van der Waals surface area (Å²) in [7, 11) is 0. The lowest BCUT2D eigenvalue weighted by Crippen LogP contribution is -2.32. The molecule has 0 bridgehead atoms. The van der Waals surface area contributed by atoms with E-state index in [0.29, 0.717) is 22.0 Å². The molecule has 0 saturated carbocycles. The Morgan fingerprint density at radius 3 is 2.54 bits per heavy atom. The molecule has 0 heterocycles. The van der Waals surface area contributed by atoms with Gasteiger partial charge in [0, 0.05) is 36.3 Å². The largest absolute Gasteiger partial charge is 0.326 e. The van der Waals surface area contributed by atoms with Crippen LogP contribution in [0.15, 0.2) is 48.5 Å². The Morgan fingerprint density at radius 1 is 1.21 bits per heavy atom. The van der Waals surface area contributed by atoms with Crippen LogP contribution in [-0.4, -0.2) is 18.4 Å². The molecule has 2 aromatic carbocycles. The van der Waals surface area contributed by atoms with E-state index >= 15 is 0 Å². The molecule has 0 radical (unpaired) electrons. The first-order valence-corrected chi connectivity index (χ1v) is 7.71. The van der Waals surface area contributed by atoms with Gasteiger partial charge < -0.3 is 10.2 Å². The molecule has 2 aromatic rings. The van der Waals surface area contributed by atoms with Gasteiger partial charge in [0.15, 0.2) is 0 Å². The number of hydrogen-bond acceptors (Lipinski definition) is 3. The summed E-state index contributed by atoms with van der Waals surface area (Å²) in [5, 5.41) is 12.3. The standard InChI is InChI=1S/C18H16ClN3O2/c1-13(23)22(17-4-2-3-14(11-17)12-20)10-9-18(24)21-16-7-5-15(19)6-8-16/h2-8,11H,9-10H2,1H3,(H,21,24). The van der Waals surface area contributed by atoms with Crippen LogP contribution in [0.5, 0.6) is 0 Å². The average Bonchev–Trinajstić information content (AvgIpc) is 2.57. The molecule has 0 aliphatic heterocycles. The van der Waals surface area contributed by atoms with Gasteiger partial charge in [0.1, 0.15) is 0 Å². The van der Waals surface area contributed by atoms with Gasteiger partial charge in [0.2, 0.25) is 11.8 Å². The fourth-order valence-corrected chi connectivity index (χ4v) is 2.31. The zero-order chi connectivity index (χ0) is 17.5. The van der Waals surface area contributed by atoms with Crippen molar-refractivity contribution in [2.75, 3.05) is 16.8 Å². The molecule has 5 nitrogen and oxygen atoms in total. The molecule has 2 amide bonds. The van der Waals surface area contributed by atoms with Gasteiger partial charge in [-0.3, -0.25) is 9.59 Å². The van der Waals surface area contributed by atoms with Crippen LogP contribution < -0.4 is 10.2 Å². The summed E-state index contributed by atoms with van der Waals surface area (Å²) in [5.41, 5.74) is 1.70. The van der Waals surface area contributed by atoms with Gasteiger partial charge >= 0.3 is 0 Å². The molecule has 0 unspecified atom stereocenters. The van der Waals surface area contributed by atoms with Crippen molar-refractivity contribution in [2.45, 2.75) is 13.3 Å². The van der Waals surface area contributed by atoms with Crippen molar-refractivity contribution in [1.29, 1.82) is 5.26 Å². The maximum absolute atomic E-state index is 12.0. The number of benzene rings is 2. The Labute approximate surface area is 145 Å². The van der Waals surface area contributed by atoms with E-state index in [1.54, 1.807) is 48.5 Å². The predicted molar refractivity (Wildman–Crippen MR) is 93.9 cm³/mol. The highest BCUT2D eigenvalue weighted by Crippen LogP contribution is 2.17. The predicted octanol–water partition coefficient (Wildman–Crippen LogP) is 3.59. The van der Waals surface area contributed by atoms with Crippen molar-refractivity contribution in [2.24, 2.45) is 0 Å². The first kappa shape index (κ1) is 17.5. The van der Waals surface area contributed by atoms with E-state index in [0.717, 1.165) is 0 Å². The van der Waals surface area contributed by atoms with E-state index in [4.69, 9.17) is 16.9 Å². The average molecular weight is 342 g/mol. The summed E-state index contributed by atoms with van der Waals surface area (Å²) in [5.74, 6) is -0.399. The molecule has 122 valence electrons. The van der Waals surface area contributed by atoms with Gasteiger partial charge in [-0.25, -0.2) is 0 Å². The van der Waals surface area contributed by atoms with Gasteiger partial charge in [-0.05, 0) is 42.5 Å². The Morgan fingerprint density at radius 2 is 1.92 bits per heavy atom. The smallest absolute Gasteiger partial charge is 0.226 e. The minimum absolute atomic E-state index is 0.138. The molecule has 0 aliphatic carbocycles. The molecule has 0 fully saturated rings. The second kappa shape index (κ2) is 8.14. The van der Waals surface area contributed by atoms with Gasteiger partial charge in [-0.2, -0.15) is 5.26 Å². The second-order valence-corrected chi connectivity index (χ2v) is 5.57. The number of carbonyl (C=O) groups excluding carboxylic acids is 2. The number of amides is 2. The van der Waals surface area contributed by atoms with Crippen molar-refractivity contribution in [3.8, 4) is 6.07 Å². The second-order valence-electron chi connectivity index (χ2n) is 5.14. The molecule has 0 aromatic heterocycles. The number of halogens is 1. The highest BCUT2D eigenvalue weighted by atomic mass is 35.5. The van der Waals surface area contributed by atoms with E-state index in [9.17, 15) is 9.59 Å². The number of hydrogen-bond donors (Lipinski definition) is 1. The van der Waals surface area contributed by atoms with Gasteiger partial charge in [0.25, 0.3) is 0 Å². The third-order valence-corrected chi connectivity index (χ3v) is 3.61. The van der Waals surface area contributed by atoms with Crippen LogP contribution in [0.1, 0.15) is 18.9 Å². The van der Waals surface area contributed by atoms with Crippen molar-refractivity contribution in [3.05, 3.63) is 59.1 Å². The fraction of sp³-hybridized carbons (Fsp3) is 0.167. The molecule has 2 rings (SSSR count).